The van der Waals surface area contributed by atoms with Crippen LogP contribution in [0.25, 0.3) is 5.69 Å². The molecule has 0 aliphatic rings. The molecule has 0 fully saturated rings. The summed E-state index contributed by atoms with van der Waals surface area (Å²) in [6.07, 6.45) is 2.13. The number of nitrogens with zero attached hydrogens (tertiary/aromatic N) is 1. The maximum Gasteiger partial charge on any atom is 0.127 e. The maximum atomic E-state index is 5.85. The molecule has 2 rings (SSSR count). The smallest absolute Gasteiger partial charge is 0.127 e. The van der Waals surface area contributed by atoms with Crippen LogP contribution in [0.4, 0.5) is 0 Å². The zero-order valence-electron chi connectivity index (χ0n) is 9.03. The number of hydrogen-bond donors (Lipinski definition) is 1. The maximum absolute atomic E-state index is 5.85. The van der Waals surface area contributed by atoms with Crippen LogP contribution in [0.5, 0.6) is 0 Å². The molecule has 0 unspecified atom stereocenters. The number of H-pyrrole nitrogens is 1. The number of aromatic amines is 1. The van der Waals surface area contributed by atoms with Gasteiger partial charge in [0, 0.05) is 10.7 Å². The molecule has 4 heteroatoms. The Morgan fingerprint density at radius 1 is 1.31 bits per heavy atom. The van der Waals surface area contributed by atoms with E-state index in [1.54, 1.807) is 0 Å². The number of nitrogens with one attached hydrogen (secondary N) is 1. The van der Waals surface area contributed by atoms with Crippen molar-refractivity contribution in [3.05, 3.63) is 45.7 Å². The van der Waals surface area contributed by atoms with Crippen LogP contribution in [-0.4, -0.2) is 9.78 Å². The third kappa shape index (κ3) is 2.36. The molecular formula is C12H13ClN2S. The van der Waals surface area contributed by atoms with Crippen LogP contribution in [0.1, 0.15) is 19.0 Å². The van der Waals surface area contributed by atoms with Crippen LogP contribution >= 0.6 is 23.8 Å². The van der Waals surface area contributed by atoms with E-state index in [0.29, 0.717) is 0 Å². The van der Waals surface area contributed by atoms with Gasteiger partial charge in [0.05, 0.1) is 5.69 Å². The van der Waals surface area contributed by atoms with E-state index in [1.807, 2.05) is 35.0 Å². The fourth-order valence-corrected chi connectivity index (χ4v) is 2.04. The van der Waals surface area contributed by atoms with Gasteiger partial charge < -0.3 is 0 Å². The van der Waals surface area contributed by atoms with Gasteiger partial charge in [-0.25, -0.2) is 4.68 Å². The summed E-state index contributed by atoms with van der Waals surface area (Å²) in [7, 11) is 0. The SMILES string of the molecule is CCCc1cc(=S)n(-c2ccc(Cl)cc2)[nH]1. The molecule has 2 nitrogen and oxygen atoms in total. The fourth-order valence-electron chi connectivity index (χ4n) is 1.62. The number of hydrogen-bond acceptors (Lipinski definition) is 1. The second-order valence-electron chi connectivity index (χ2n) is 3.68. The average molecular weight is 253 g/mol. The lowest BCUT2D eigenvalue weighted by atomic mass is 10.3. The number of aromatic nitrogens is 2. The summed E-state index contributed by atoms with van der Waals surface area (Å²) < 4.78 is 2.70. The van der Waals surface area contributed by atoms with Crippen LogP contribution in [-0.2, 0) is 6.42 Å². The highest BCUT2D eigenvalue weighted by molar-refractivity contribution is 7.71. The van der Waals surface area contributed by atoms with Crippen molar-refractivity contribution in [2.24, 2.45) is 0 Å². The lowest BCUT2D eigenvalue weighted by Crippen LogP contribution is -1.97. The van der Waals surface area contributed by atoms with Gasteiger partial charge in [-0.1, -0.05) is 37.2 Å². The number of benzene rings is 1. The Morgan fingerprint density at radius 3 is 2.62 bits per heavy atom. The molecular weight excluding hydrogens is 240 g/mol. The molecule has 0 amide bonds. The second kappa shape index (κ2) is 4.85. The first-order valence-corrected chi connectivity index (χ1v) is 6.06. The zero-order valence-corrected chi connectivity index (χ0v) is 10.6. The van der Waals surface area contributed by atoms with Crippen molar-refractivity contribution in [2.75, 3.05) is 0 Å². The highest BCUT2D eigenvalue weighted by atomic mass is 35.5. The molecule has 0 aliphatic carbocycles. The van der Waals surface area contributed by atoms with Crippen LogP contribution < -0.4 is 0 Å². The van der Waals surface area contributed by atoms with Gasteiger partial charge >= 0.3 is 0 Å². The van der Waals surface area contributed by atoms with Crippen LogP contribution in [0.3, 0.4) is 0 Å². The summed E-state index contributed by atoms with van der Waals surface area (Å²) in [5.74, 6) is 0. The highest BCUT2D eigenvalue weighted by Crippen LogP contribution is 2.14. The molecule has 0 radical (unpaired) electrons. The van der Waals surface area contributed by atoms with E-state index in [4.69, 9.17) is 23.8 Å². The predicted molar refractivity (Wildman–Crippen MR) is 70.0 cm³/mol. The summed E-state index contributed by atoms with van der Waals surface area (Å²) in [5.41, 5.74) is 2.18. The van der Waals surface area contributed by atoms with Gasteiger partial charge in [0.15, 0.2) is 0 Å². The van der Waals surface area contributed by atoms with Gasteiger partial charge in [-0.2, -0.15) is 0 Å². The van der Waals surface area contributed by atoms with E-state index in [2.05, 4.69) is 12.0 Å². The lowest BCUT2D eigenvalue weighted by molar-refractivity contribution is 0.802. The fraction of sp³-hybridized carbons (Fsp3) is 0.250. The Balaban J connectivity index is 2.40. The van der Waals surface area contributed by atoms with Crippen molar-refractivity contribution in [3.63, 3.8) is 0 Å². The van der Waals surface area contributed by atoms with Crippen LogP contribution in [0.15, 0.2) is 30.3 Å². The Bertz CT molecular complexity index is 525. The van der Waals surface area contributed by atoms with Gasteiger partial charge in [-0.3, -0.25) is 5.10 Å². The number of aryl methyl sites for hydroxylation is 1. The Kier molecular flexibility index (Phi) is 3.46. The Labute approximate surface area is 105 Å². The van der Waals surface area contributed by atoms with Crippen LogP contribution in [0, 0.1) is 4.64 Å². The van der Waals surface area contributed by atoms with Crippen molar-refractivity contribution < 1.29 is 0 Å². The van der Waals surface area contributed by atoms with Gasteiger partial charge in [0.2, 0.25) is 0 Å². The van der Waals surface area contributed by atoms with E-state index in [0.717, 1.165) is 28.2 Å². The molecule has 84 valence electrons. The quantitative estimate of drug-likeness (QED) is 0.815. The van der Waals surface area contributed by atoms with Crippen molar-refractivity contribution in [3.8, 4) is 5.69 Å². The Morgan fingerprint density at radius 2 is 2.00 bits per heavy atom. The lowest BCUT2D eigenvalue weighted by Gasteiger charge is -2.02. The summed E-state index contributed by atoms with van der Waals surface area (Å²) >= 11 is 11.1. The van der Waals surface area contributed by atoms with Crippen LogP contribution in [0.2, 0.25) is 5.02 Å². The number of rotatable bonds is 3. The van der Waals surface area contributed by atoms with Gasteiger partial charge in [-0.05, 0) is 36.8 Å². The van der Waals surface area contributed by atoms with E-state index in [9.17, 15) is 0 Å². The molecule has 1 N–H and O–H groups in total. The summed E-state index contributed by atoms with van der Waals surface area (Å²) in [6.45, 7) is 2.15. The third-order valence-corrected chi connectivity index (χ3v) is 2.93. The molecule has 0 saturated carbocycles. The summed E-state index contributed by atoms with van der Waals surface area (Å²) in [4.78, 5) is 0. The largest absolute Gasteiger partial charge is 0.297 e. The zero-order chi connectivity index (χ0) is 11.5. The molecule has 1 aromatic heterocycles. The predicted octanol–water partition coefficient (Wildman–Crippen LogP) is 4.14. The minimum absolute atomic E-state index is 0.732. The van der Waals surface area contributed by atoms with Crippen molar-refractivity contribution in [1.82, 2.24) is 9.78 Å². The molecule has 1 heterocycles. The molecule has 0 spiro atoms. The highest BCUT2D eigenvalue weighted by Gasteiger charge is 2.01. The first-order valence-electron chi connectivity index (χ1n) is 5.27. The molecule has 16 heavy (non-hydrogen) atoms. The Hall–Kier alpha value is -1.06. The van der Waals surface area contributed by atoms with Gasteiger partial charge in [-0.15, -0.1) is 0 Å². The molecule has 2 aromatic rings. The van der Waals surface area contributed by atoms with E-state index in [-0.39, 0.29) is 0 Å². The minimum atomic E-state index is 0.732. The van der Waals surface area contributed by atoms with Crippen molar-refractivity contribution >= 4 is 23.8 Å². The average Bonchev–Trinajstić information content (AvgIpc) is 2.61. The first kappa shape index (κ1) is 11.4. The molecule has 0 aliphatic heterocycles. The third-order valence-electron chi connectivity index (χ3n) is 2.38. The molecule has 0 saturated heterocycles. The topological polar surface area (TPSA) is 20.7 Å². The minimum Gasteiger partial charge on any atom is -0.297 e. The van der Waals surface area contributed by atoms with E-state index >= 15 is 0 Å². The normalized spacial score (nSPS) is 10.6. The second-order valence-corrected chi connectivity index (χ2v) is 4.54. The van der Waals surface area contributed by atoms with E-state index < -0.39 is 0 Å². The summed E-state index contributed by atoms with van der Waals surface area (Å²) in [6, 6.07) is 9.63. The summed E-state index contributed by atoms with van der Waals surface area (Å²) in [5, 5.41) is 4.02. The monoisotopic (exact) mass is 252 g/mol. The van der Waals surface area contributed by atoms with Crippen molar-refractivity contribution in [2.45, 2.75) is 19.8 Å². The molecule has 0 bridgehead atoms. The standard InChI is InChI=1S/C12H13ClN2S/c1-2-3-10-8-12(16)15(14-10)11-6-4-9(13)5-7-11/h4-8,14H,2-3H2,1H3. The van der Waals surface area contributed by atoms with Gasteiger partial charge in [0.25, 0.3) is 0 Å². The van der Waals surface area contributed by atoms with Gasteiger partial charge in [0.1, 0.15) is 4.64 Å². The van der Waals surface area contributed by atoms with Crippen molar-refractivity contribution in [1.29, 1.82) is 0 Å². The number of halogens is 1. The molecule has 1 aromatic carbocycles. The first-order chi connectivity index (χ1) is 7.70. The van der Waals surface area contributed by atoms with E-state index in [1.165, 1.54) is 5.69 Å². The molecule has 0 atom stereocenters.